The zero-order chi connectivity index (χ0) is 20.6. The zero-order valence-corrected chi connectivity index (χ0v) is 17.2. The molecule has 0 radical (unpaired) electrons. The molecule has 3 aromatic rings. The molecule has 1 fully saturated rings. The highest BCUT2D eigenvalue weighted by Gasteiger charge is 2.32. The Morgan fingerprint density at radius 1 is 1.31 bits per heavy atom. The standard InChI is InChI=1S/C23H28N4O2/c1-15(2)23(3,14-28)26-22(29)18-11-20(17-9-10-17)25-21-19(18)12-24-27(21)13-16-7-5-4-6-8-16/h4-8,11-12,15,17,28H,9-10,13-14H2,1-3H3,(H,26,29). The van der Waals surface area contributed by atoms with Gasteiger partial charge in [0.15, 0.2) is 5.65 Å². The van der Waals surface area contributed by atoms with Crippen LogP contribution in [0.4, 0.5) is 0 Å². The van der Waals surface area contributed by atoms with Gasteiger partial charge in [-0.1, -0.05) is 44.2 Å². The van der Waals surface area contributed by atoms with Crippen LogP contribution in [0.15, 0.2) is 42.6 Å². The highest BCUT2D eigenvalue weighted by Crippen LogP contribution is 2.40. The number of amides is 1. The van der Waals surface area contributed by atoms with Crippen LogP contribution in [0.1, 0.15) is 61.1 Å². The second-order valence-electron chi connectivity index (χ2n) is 8.58. The highest BCUT2D eigenvalue weighted by atomic mass is 16.3. The summed E-state index contributed by atoms with van der Waals surface area (Å²) in [6.07, 6.45) is 3.93. The van der Waals surface area contributed by atoms with Crippen LogP contribution in [0.3, 0.4) is 0 Å². The molecule has 29 heavy (non-hydrogen) atoms. The van der Waals surface area contributed by atoms with Gasteiger partial charge in [-0.3, -0.25) is 4.79 Å². The third kappa shape index (κ3) is 3.90. The van der Waals surface area contributed by atoms with E-state index in [1.165, 1.54) is 0 Å². The molecular formula is C23H28N4O2. The summed E-state index contributed by atoms with van der Waals surface area (Å²) < 4.78 is 1.86. The largest absolute Gasteiger partial charge is 0.394 e. The molecule has 4 rings (SSSR count). The molecule has 1 saturated carbocycles. The maximum atomic E-state index is 13.2. The van der Waals surface area contributed by atoms with E-state index in [4.69, 9.17) is 4.98 Å². The Morgan fingerprint density at radius 2 is 2.03 bits per heavy atom. The van der Waals surface area contributed by atoms with Crippen LogP contribution in [0.25, 0.3) is 11.0 Å². The van der Waals surface area contributed by atoms with Gasteiger partial charge in [-0.05, 0) is 37.3 Å². The van der Waals surface area contributed by atoms with Gasteiger partial charge in [0.25, 0.3) is 5.91 Å². The maximum Gasteiger partial charge on any atom is 0.252 e. The fourth-order valence-corrected chi connectivity index (χ4v) is 3.41. The molecule has 2 aromatic heterocycles. The van der Waals surface area contributed by atoms with Crippen LogP contribution in [-0.4, -0.2) is 37.9 Å². The number of rotatable bonds is 7. The smallest absolute Gasteiger partial charge is 0.252 e. The quantitative estimate of drug-likeness (QED) is 0.645. The Bertz CT molecular complexity index is 1020. The highest BCUT2D eigenvalue weighted by molar-refractivity contribution is 6.05. The molecule has 1 atom stereocenters. The number of nitrogens with zero attached hydrogens (tertiary/aromatic N) is 3. The van der Waals surface area contributed by atoms with Crippen molar-refractivity contribution in [1.29, 1.82) is 0 Å². The van der Waals surface area contributed by atoms with E-state index in [-0.39, 0.29) is 18.4 Å². The number of benzene rings is 1. The molecule has 2 N–H and O–H groups in total. The summed E-state index contributed by atoms with van der Waals surface area (Å²) in [5, 5.41) is 18.2. The van der Waals surface area contributed by atoms with Gasteiger partial charge >= 0.3 is 0 Å². The monoisotopic (exact) mass is 392 g/mol. The molecule has 0 aliphatic heterocycles. The van der Waals surface area contributed by atoms with Crippen molar-refractivity contribution in [1.82, 2.24) is 20.1 Å². The van der Waals surface area contributed by atoms with Gasteiger partial charge in [0.05, 0.1) is 35.8 Å². The number of carbonyl (C=O) groups is 1. The third-order valence-corrected chi connectivity index (χ3v) is 6.05. The minimum absolute atomic E-state index is 0.0949. The first-order valence-electron chi connectivity index (χ1n) is 10.2. The number of aliphatic hydroxyl groups is 1. The number of aromatic nitrogens is 3. The third-order valence-electron chi connectivity index (χ3n) is 6.05. The van der Waals surface area contributed by atoms with Crippen LogP contribution < -0.4 is 5.32 Å². The van der Waals surface area contributed by atoms with E-state index in [2.05, 4.69) is 22.5 Å². The van der Waals surface area contributed by atoms with Crippen molar-refractivity contribution in [2.45, 2.75) is 51.6 Å². The molecule has 0 saturated heterocycles. The van der Waals surface area contributed by atoms with Crippen molar-refractivity contribution in [3.8, 4) is 0 Å². The Kier molecular flexibility index (Phi) is 5.13. The Morgan fingerprint density at radius 3 is 2.66 bits per heavy atom. The summed E-state index contributed by atoms with van der Waals surface area (Å²) in [7, 11) is 0. The molecule has 1 unspecified atom stereocenters. The maximum absolute atomic E-state index is 13.2. The minimum Gasteiger partial charge on any atom is -0.394 e. The number of hydrogen-bond donors (Lipinski definition) is 2. The van der Waals surface area contributed by atoms with Crippen LogP contribution in [0.5, 0.6) is 0 Å². The lowest BCUT2D eigenvalue weighted by molar-refractivity contribution is 0.0785. The Hall–Kier alpha value is -2.73. The predicted octanol–water partition coefficient (Wildman–Crippen LogP) is 3.49. The Balaban J connectivity index is 1.74. The number of nitrogens with one attached hydrogen (secondary N) is 1. The van der Waals surface area contributed by atoms with Crippen molar-refractivity contribution in [3.05, 3.63) is 59.4 Å². The van der Waals surface area contributed by atoms with Crippen molar-refractivity contribution in [3.63, 3.8) is 0 Å². The first kappa shape index (κ1) is 19.6. The van der Waals surface area contributed by atoms with Crippen LogP contribution in [-0.2, 0) is 6.54 Å². The van der Waals surface area contributed by atoms with Gasteiger partial charge in [0.2, 0.25) is 0 Å². The number of fused-ring (bicyclic) bond motifs is 1. The molecule has 152 valence electrons. The summed E-state index contributed by atoms with van der Waals surface area (Å²) in [6, 6.07) is 12.0. The van der Waals surface area contributed by atoms with E-state index >= 15 is 0 Å². The topological polar surface area (TPSA) is 80.0 Å². The van der Waals surface area contributed by atoms with E-state index in [0.29, 0.717) is 18.0 Å². The number of pyridine rings is 1. The van der Waals surface area contributed by atoms with Crippen LogP contribution in [0.2, 0.25) is 0 Å². The van der Waals surface area contributed by atoms with E-state index in [1.807, 2.05) is 49.7 Å². The normalized spacial score (nSPS) is 16.2. The van der Waals surface area contributed by atoms with Crippen molar-refractivity contribution in [2.75, 3.05) is 6.61 Å². The fraction of sp³-hybridized carbons (Fsp3) is 0.435. The van der Waals surface area contributed by atoms with Crippen molar-refractivity contribution in [2.24, 2.45) is 5.92 Å². The molecule has 1 aliphatic carbocycles. The molecule has 1 aliphatic rings. The molecule has 0 bridgehead atoms. The van der Waals surface area contributed by atoms with Gasteiger partial charge in [-0.2, -0.15) is 5.10 Å². The predicted molar refractivity (Wildman–Crippen MR) is 113 cm³/mol. The molecule has 6 heteroatoms. The van der Waals surface area contributed by atoms with Crippen LogP contribution >= 0.6 is 0 Å². The van der Waals surface area contributed by atoms with Gasteiger partial charge in [-0.15, -0.1) is 0 Å². The second-order valence-corrected chi connectivity index (χ2v) is 8.58. The van der Waals surface area contributed by atoms with Gasteiger partial charge < -0.3 is 10.4 Å². The van der Waals surface area contributed by atoms with E-state index in [9.17, 15) is 9.90 Å². The number of hydrogen-bond acceptors (Lipinski definition) is 4. The zero-order valence-electron chi connectivity index (χ0n) is 17.2. The average molecular weight is 393 g/mol. The van der Waals surface area contributed by atoms with Gasteiger partial charge in [0.1, 0.15) is 0 Å². The molecule has 6 nitrogen and oxygen atoms in total. The lowest BCUT2D eigenvalue weighted by Crippen LogP contribution is -2.52. The van der Waals surface area contributed by atoms with E-state index < -0.39 is 5.54 Å². The van der Waals surface area contributed by atoms with E-state index in [0.717, 1.165) is 35.1 Å². The summed E-state index contributed by atoms with van der Waals surface area (Å²) in [5.74, 6) is 0.321. The first-order chi connectivity index (χ1) is 13.9. The summed E-state index contributed by atoms with van der Waals surface area (Å²) >= 11 is 0. The Labute approximate surface area is 171 Å². The SMILES string of the molecule is CC(C)C(C)(CO)NC(=O)c1cc(C2CC2)nc2c1cnn2Cc1ccccc1. The fourth-order valence-electron chi connectivity index (χ4n) is 3.41. The molecule has 1 amide bonds. The first-order valence-corrected chi connectivity index (χ1v) is 10.2. The molecule has 1 aromatic carbocycles. The molecule has 0 spiro atoms. The average Bonchev–Trinajstić information content (AvgIpc) is 3.50. The number of aliphatic hydroxyl groups excluding tert-OH is 1. The van der Waals surface area contributed by atoms with E-state index in [1.54, 1.807) is 6.20 Å². The van der Waals surface area contributed by atoms with Crippen LogP contribution in [0, 0.1) is 5.92 Å². The summed E-state index contributed by atoms with van der Waals surface area (Å²) in [5.41, 5.74) is 2.71. The second kappa shape index (κ2) is 7.59. The number of carbonyl (C=O) groups excluding carboxylic acids is 1. The van der Waals surface area contributed by atoms with Crippen molar-refractivity contribution >= 4 is 16.9 Å². The molecule has 2 heterocycles. The lowest BCUT2D eigenvalue weighted by Gasteiger charge is -2.33. The summed E-state index contributed by atoms with van der Waals surface area (Å²) in [4.78, 5) is 18.1. The molecular weight excluding hydrogens is 364 g/mol. The summed E-state index contributed by atoms with van der Waals surface area (Å²) in [6.45, 7) is 6.34. The van der Waals surface area contributed by atoms with Gasteiger partial charge in [0, 0.05) is 11.6 Å². The minimum atomic E-state index is -0.688. The van der Waals surface area contributed by atoms with Gasteiger partial charge in [-0.25, -0.2) is 9.67 Å². The lowest BCUT2D eigenvalue weighted by atomic mass is 9.89. The van der Waals surface area contributed by atoms with Crippen molar-refractivity contribution < 1.29 is 9.90 Å².